The van der Waals surface area contributed by atoms with Crippen LogP contribution in [0.4, 0.5) is 68.2 Å². The number of methoxy groups -OCH3 is 8. The minimum atomic E-state index is -0.432. The first-order valence-corrected chi connectivity index (χ1v) is 44.0. The van der Waals surface area contributed by atoms with Crippen molar-refractivity contribution >= 4 is 147 Å². The maximum absolute atomic E-state index is 15.4. The topological polar surface area (TPSA) is 137 Å². The van der Waals surface area contributed by atoms with Crippen molar-refractivity contribution in [3.8, 4) is 90.8 Å². The molecule has 0 saturated carbocycles. The van der Waals surface area contributed by atoms with Gasteiger partial charge in [0.25, 0.3) is 11.8 Å². The molecule has 16 aromatic carbocycles. The van der Waals surface area contributed by atoms with E-state index in [0.29, 0.717) is 5.57 Å². The molecular weight excluding hydrogens is 1660 g/mol. The van der Waals surface area contributed by atoms with E-state index in [1.54, 1.807) is 66.7 Å². The van der Waals surface area contributed by atoms with Crippen LogP contribution < -0.4 is 57.5 Å². The highest BCUT2D eigenvalue weighted by Crippen LogP contribution is 2.52. The number of rotatable bonds is 26. The van der Waals surface area contributed by atoms with E-state index >= 15 is 9.59 Å². The molecule has 2 aromatic heterocycles. The van der Waals surface area contributed by atoms with Crippen molar-refractivity contribution in [3.05, 3.63) is 369 Å². The van der Waals surface area contributed by atoms with E-state index in [-0.39, 0.29) is 23.8 Å². The van der Waals surface area contributed by atoms with Gasteiger partial charge in [0.2, 0.25) is 0 Å². The lowest BCUT2D eigenvalue weighted by molar-refractivity contribution is -0.133. The molecule has 18 nitrogen and oxygen atoms in total. The molecule has 1 saturated heterocycles. The summed E-state index contributed by atoms with van der Waals surface area (Å²) in [6.07, 6.45) is 0. The van der Waals surface area contributed by atoms with Gasteiger partial charge in [0, 0.05) is 120 Å². The lowest BCUT2D eigenvalue weighted by Crippen LogP contribution is -2.56. The number of ether oxygens (including phenoxy) is 8. The first-order chi connectivity index (χ1) is 64.7. The van der Waals surface area contributed by atoms with Gasteiger partial charge in [0.1, 0.15) is 51.6 Å². The number of nitrogens with zero attached hydrogens (tertiary/aromatic N) is 8. The monoisotopic (exact) mass is 1750 g/mol. The van der Waals surface area contributed by atoms with Crippen molar-refractivity contribution in [1.82, 2.24) is 18.9 Å². The van der Waals surface area contributed by atoms with E-state index < -0.39 is 11.8 Å². The Hall–Kier alpha value is -16.5. The standard InChI is InChI=1S/C113H92N8O10S/c1-11-114-111(122)110(112(123)115(12-2)113(114)132)109-103-65-73(71-13-19-83(20-14-71)120-105-61-39-85(116(75-23-43-89(124-3)44-24-75)76-25-45-90(125-4)46-26-76)67-99(105)100-68-86(40-62-106(100)120)117(77-27-47-91(126-5)48-28-77)78-29-49-92(127-6)50-30-78)17-59-97(103)98-60-18-74(66-104(98)109)72-15-21-84(22-16-72)121-107-63-41-87(118(79-31-51-93(128-7)52-32-79)80-33-53-94(129-8)54-34-80)69-101(107)102-70-88(42-64-108(102)121)119(81-35-55-95(130-9)56-36-81)82-37-57-96(131-10)58-38-82/h13-70H,11-12H2,1-10H3. The highest BCUT2D eigenvalue weighted by atomic mass is 32.1. The van der Waals surface area contributed by atoms with Gasteiger partial charge < -0.3 is 66.6 Å². The molecular formula is C113H92N8O10S. The Morgan fingerprint density at radius 2 is 0.432 bits per heavy atom. The maximum atomic E-state index is 15.4. The second-order valence-corrected chi connectivity index (χ2v) is 32.5. The zero-order valence-electron chi connectivity index (χ0n) is 74.5. The van der Waals surface area contributed by atoms with Gasteiger partial charge in [-0.3, -0.25) is 19.4 Å². The summed E-state index contributed by atoms with van der Waals surface area (Å²) in [4.78, 5) is 42.9. The lowest BCUT2D eigenvalue weighted by atomic mass is 9.92. The molecule has 19 heteroatoms. The fourth-order valence-corrected chi connectivity index (χ4v) is 19.0. The number of amides is 2. The van der Waals surface area contributed by atoms with Crippen molar-refractivity contribution in [2.75, 3.05) is 89.6 Å². The highest BCUT2D eigenvalue weighted by Gasteiger charge is 2.43. The second-order valence-electron chi connectivity index (χ2n) is 32.1. The Labute approximate surface area is 770 Å². The fraction of sp³-hybridized carbons (Fsp3) is 0.106. The molecule has 2 aliphatic rings. The van der Waals surface area contributed by atoms with E-state index in [4.69, 9.17) is 50.1 Å². The van der Waals surface area contributed by atoms with Gasteiger partial charge in [-0.2, -0.15) is 0 Å². The number of benzene rings is 16. The number of thiocarbonyl (C=S) groups is 1. The molecule has 1 fully saturated rings. The summed E-state index contributed by atoms with van der Waals surface area (Å²) < 4.78 is 50.0. The van der Waals surface area contributed by atoms with Crippen molar-refractivity contribution in [2.24, 2.45) is 0 Å². The third-order valence-corrected chi connectivity index (χ3v) is 25.6. The van der Waals surface area contributed by atoms with E-state index in [0.717, 1.165) is 214 Å². The van der Waals surface area contributed by atoms with Crippen LogP contribution in [0.3, 0.4) is 0 Å². The number of aromatic nitrogens is 2. The van der Waals surface area contributed by atoms with Crippen LogP contribution in [0.2, 0.25) is 0 Å². The molecule has 650 valence electrons. The Bertz CT molecular complexity index is 6550. The number of hydrogen-bond acceptors (Lipinski definition) is 15. The van der Waals surface area contributed by atoms with Crippen LogP contribution in [0, 0.1) is 0 Å². The van der Waals surface area contributed by atoms with E-state index in [9.17, 15) is 0 Å². The first-order valence-electron chi connectivity index (χ1n) is 43.6. The van der Waals surface area contributed by atoms with Crippen molar-refractivity contribution in [1.29, 1.82) is 0 Å². The molecule has 0 spiro atoms. The number of carbonyl (C=O) groups is 2. The van der Waals surface area contributed by atoms with Crippen LogP contribution in [0.5, 0.6) is 46.0 Å². The predicted octanol–water partition coefficient (Wildman–Crippen LogP) is 26.9. The zero-order valence-corrected chi connectivity index (χ0v) is 75.3. The molecule has 0 atom stereocenters. The van der Waals surface area contributed by atoms with Crippen molar-refractivity contribution < 1.29 is 47.5 Å². The Balaban J connectivity index is 0.694. The van der Waals surface area contributed by atoms with E-state index in [2.05, 4.69) is 284 Å². The third-order valence-electron chi connectivity index (χ3n) is 25.2. The minimum absolute atomic E-state index is 0.0714. The average Bonchev–Trinajstić information content (AvgIpc) is 1.57. The molecule has 1 aliphatic heterocycles. The fourth-order valence-electron chi connectivity index (χ4n) is 18.6. The molecule has 132 heavy (non-hydrogen) atoms. The molecule has 0 radical (unpaired) electrons. The molecule has 18 aromatic rings. The third kappa shape index (κ3) is 15.0. The Morgan fingerprint density at radius 3 is 0.636 bits per heavy atom. The number of anilines is 12. The van der Waals surface area contributed by atoms with Crippen molar-refractivity contribution in [3.63, 3.8) is 0 Å². The quantitative estimate of drug-likeness (QED) is 0.0289. The van der Waals surface area contributed by atoms with Crippen LogP contribution in [0.15, 0.2) is 357 Å². The van der Waals surface area contributed by atoms with Crippen LogP contribution in [0.25, 0.3) is 93.9 Å². The first kappa shape index (κ1) is 83.7. The summed E-state index contributed by atoms with van der Waals surface area (Å²) in [5.41, 5.74) is 24.7. The molecule has 0 bridgehead atoms. The summed E-state index contributed by atoms with van der Waals surface area (Å²) in [5.74, 6) is 5.13. The minimum Gasteiger partial charge on any atom is -0.497 e. The molecule has 1 aliphatic carbocycles. The summed E-state index contributed by atoms with van der Waals surface area (Å²) >= 11 is 5.95. The van der Waals surface area contributed by atoms with Gasteiger partial charge in [-0.1, -0.05) is 48.5 Å². The van der Waals surface area contributed by atoms with Crippen LogP contribution >= 0.6 is 12.2 Å². The molecule has 20 rings (SSSR count). The number of fused-ring (bicyclic) bond motifs is 9. The summed E-state index contributed by atoms with van der Waals surface area (Å²) in [6.45, 7) is 4.33. The molecule has 0 N–H and O–H groups in total. The Morgan fingerprint density at radius 1 is 0.227 bits per heavy atom. The van der Waals surface area contributed by atoms with Gasteiger partial charge in [-0.25, -0.2) is 0 Å². The number of likely N-dealkylation sites (N-methyl/N-ethyl adjacent to an activating group) is 2. The summed E-state index contributed by atoms with van der Waals surface area (Å²) in [7, 11) is 13.4. The predicted molar refractivity (Wildman–Crippen MR) is 536 cm³/mol. The second kappa shape index (κ2) is 35.3. The van der Waals surface area contributed by atoms with E-state index in [1.807, 2.05) is 111 Å². The van der Waals surface area contributed by atoms with Gasteiger partial charge in [-0.15, -0.1) is 0 Å². The molecule has 0 unspecified atom stereocenters. The normalized spacial score (nSPS) is 12.4. The van der Waals surface area contributed by atoms with Crippen molar-refractivity contribution in [2.45, 2.75) is 13.8 Å². The molecule has 3 heterocycles. The number of carbonyl (C=O) groups excluding carboxylic acids is 2. The highest BCUT2D eigenvalue weighted by molar-refractivity contribution is 7.80. The Kier molecular flexibility index (Phi) is 22.4. The lowest BCUT2D eigenvalue weighted by Gasteiger charge is -2.36. The van der Waals surface area contributed by atoms with Gasteiger partial charge in [0.05, 0.1) is 78.9 Å². The van der Waals surface area contributed by atoms with Crippen LogP contribution in [-0.4, -0.2) is 106 Å². The smallest absolute Gasteiger partial charge is 0.266 e. The van der Waals surface area contributed by atoms with Gasteiger partial charge in [-0.05, 0) is 374 Å². The molecule has 2 amide bonds. The van der Waals surface area contributed by atoms with Gasteiger partial charge in [0.15, 0.2) is 5.11 Å². The SMILES string of the molecule is CCN1C(=O)C(=C2c3cc(-c4ccc(-n5c6ccc(N(c7ccc(OC)cc7)c7ccc(OC)cc7)cc6c6cc(N(c7ccc(OC)cc7)c7ccc(OC)cc7)ccc65)cc4)ccc3-c3ccc(-c4ccc(-n5c6ccc(N(c7ccc(OC)cc7)c7ccc(OC)cc7)cc6c6cc(N(c7ccc(OC)cc7)c7ccc(OC)cc7)ccc65)cc4)cc32)C(=O)N(CC)C1=S. The van der Waals surface area contributed by atoms with E-state index in [1.165, 1.54) is 0 Å². The average molecular weight is 1750 g/mol. The zero-order chi connectivity index (χ0) is 90.5. The van der Waals surface area contributed by atoms with Crippen LogP contribution in [0.1, 0.15) is 25.0 Å². The largest absolute Gasteiger partial charge is 0.497 e. The summed E-state index contributed by atoms with van der Waals surface area (Å²) in [6, 6.07) is 122. The number of hydrogen-bond donors (Lipinski definition) is 0. The maximum Gasteiger partial charge on any atom is 0.266 e. The van der Waals surface area contributed by atoms with Crippen LogP contribution in [-0.2, 0) is 9.59 Å². The van der Waals surface area contributed by atoms with Gasteiger partial charge >= 0.3 is 0 Å². The summed E-state index contributed by atoms with van der Waals surface area (Å²) in [5, 5.41) is 4.26.